The van der Waals surface area contributed by atoms with Crippen molar-refractivity contribution in [1.82, 2.24) is 10.2 Å². The van der Waals surface area contributed by atoms with Crippen LogP contribution in [0.3, 0.4) is 0 Å². The predicted molar refractivity (Wildman–Crippen MR) is 113 cm³/mol. The Morgan fingerprint density at radius 3 is 2.56 bits per heavy atom. The number of benzene rings is 1. The van der Waals surface area contributed by atoms with Crippen molar-refractivity contribution in [2.75, 3.05) is 20.2 Å². The highest BCUT2D eigenvalue weighted by Gasteiger charge is 2.26. The van der Waals surface area contributed by atoms with Crippen molar-refractivity contribution in [1.29, 1.82) is 0 Å². The first-order valence-corrected chi connectivity index (χ1v) is 10.6. The van der Waals surface area contributed by atoms with Crippen LogP contribution in [0.4, 0.5) is 0 Å². The highest BCUT2D eigenvalue weighted by molar-refractivity contribution is 7.09. The zero-order valence-electron chi connectivity index (χ0n) is 17.0. The van der Waals surface area contributed by atoms with Crippen LogP contribution in [0.15, 0.2) is 35.7 Å². The zero-order valence-corrected chi connectivity index (χ0v) is 17.8. The summed E-state index contributed by atoms with van der Waals surface area (Å²) in [5.41, 5.74) is 1.51. The molecule has 1 aliphatic heterocycles. The van der Waals surface area contributed by atoms with E-state index < -0.39 is 0 Å². The van der Waals surface area contributed by atoms with Crippen LogP contribution in [0.5, 0.6) is 11.5 Å². The quantitative estimate of drug-likeness (QED) is 0.746. The molecule has 3 rings (SSSR count). The molecule has 0 amide bonds. The molecule has 1 N–H and O–H groups in total. The van der Waals surface area contributed by atoms with Gasteiger partial charge in [0.2, 0.25) is 0 Å². The van der Waals surface area contributed by atoms with Gasteiger partial charge in [0, 0.05) is 36.1 Å². The lowest BCUT2D eigenvalue weighted by Crippen LogP contribution is -2.49. The predicted octanol–water partition coefficient (Wildman–Crippen LogP) is 4.69. The van der Waals surface area contributed by atoms with Gasteiger partial charge in [-0.2, -0.15) is 0 Å². The number of ether oxygens (including phenoxy) is 2. The molecule has 0 radical (unpaired) electrons. The third-order valence-electron chi connectivity index (χ3n) is 5.22. The highest BCUT2D eigenvalue weighted by atomic mass is 32.1. The Bertz CT molecular complexity index is 702. The van der Waals surface area contributed by atoms with Crippen LogP contribution in [-0.4, -0.2) is 36.7 Å². The number of rotatable bonds is 7. The van der Waals surface area contributed by atoms with Crippen molar-refractivity contribution in [2.24, 2.45) is 0 Å². The van der Waals surface area contributed by atoms with Crippen LogP contribution < -0.4 is 14.8 Å². The van der Waals surface area contributed by atoms with Crippen molar-refractivity contribution in [3.63, 3.8) is 0 Å². The summed E-state index contributed by atoms with van der Waals surface area (Å²) in [4.78, 5) is 3.79. The summed E-state index contributed by atoms with van der Waals surface area (Å²) in [5.74, 6) is 1.60. The lowest BCUT2D eigenvalue weighted by atomic mass is 9.98. The molecule has 1 aromatic carbocycles. The molecular formula is C22H32N2O2S. The van der Waals surface area contributed by atoms with E-state index in [-0.39, 0.29) is 5.54 Å². The second-order valence-corrected chi connectivity index (χ2v) is 9.20. The molecule has 0 bridgehead atoms. The molecule has 0 aliphatic carbocycles. The van der Waals surface area contributed by atoms with E-state index in [1.165, 1.54) is 36.4 Å². The molecule has 27 heavy (non-hydrogen) atoms. The van der Waals surface area contributed by atoms with E-state index in [4.69, 9.17) is 9.47 Å². The van der Waals surface area contributed by atoms with Gasteiger partial charge in [0.15, 0.2) is 11.5 Å². The molecule has 0 unspecified atom stereocenters. The van der Waals surface area contributed by atoms with Crippen molar-refractivity contribution >= 4 is 11.3 Å². The SMILES string of the molecule is COc1cc(CNC2CCN(C(C)(C)C)CC2)ccc1OCc1cccs1. The molecule has 2 aromatic rings. The smallest absolute Gasteiger partial charge is 0.161 e. The van der Waals surface area contributed by atoms with Gasteiger partial charge in [0.05, 0.1) is 7.11 Å². The molecule has 148 valence electrons. The van der Waals surface area contributed by atoms with Gasteiger partial charge in [0.1, 0.15) is 6.61 Å². The third kappa shape index (κ3) is 5.71. The topological polar surface area (TPSA) is 33.7 Å². The van der Waals surface area contributed by atoms with Gasteiger partial charge in [-0.15, -0.1) is 11.3 Å². The monoisotopic (exact) mass is 388 g/mol. The van der Waals surface area contributed by atoms with Crippen LogP contribution in [0.25, 0.3) is 0 Å². The van der Waals surface area contributed by atoms with Crippen molar-refractivity contribution < 1.29 is 9.47 Å². The Hall–Kier alpha value is -1.56. The molecule has 1 aliphatic rings. The van der Waals surface area contributed by atoms with Crippen molar-refractivity contribution in [3.8, 4) is 11.5 Å². The summed E-state index contributed by atoms with van der Waals surface area (Å²) >= 11 is 1.70. The molecule has 0 atom stereocenters. The Labute approximate surface area is 167 Å². The number of hydrogen-bond donors (Lipinski definition) is 1. The van der Waals surface area contributed by atoms with E-state index in [0.717, 1.165) is 18.0 Å². The zero-order chi connectivity index (χ0) is 19.3. The molecule has 2 heterocycles. The molecule has 4 nitrogen and oxygen atoms in total. The lowest BCUT2D eigenvalue weighted by molar-refractivity contribution is 0.0960. The van der Waals surface area contributed by atoms with Crippen LogP contribution >= 0.6 is 11.3 Å². The van der Waals surface area contributed by atoms with Crippen LogP contribution in [-0.2, 0) is 13.2 Å². The van der Waals surface area contributed by atoms with E-state index >= 15 is 0 Å². The fourth-order valence-corrected chi connectivity index (χ4v) is 4.12. The molecule has 0 saturated carbocycles. The van der Waals surface area contributed by atoms with E-state index in [9.17, 15) is 0 Å². The van der Waals surface area contributed by atoms with Gasteiger partial charge in [0.25, 0.3) is 0 Å². The minimum Gasteiger partial charge on any atom is -0.493 e. The molecule has 5 heteroatoms. The number of nitrogens with zero attached hydrogens (tertiary/aromatic N) is 1. The Morgan fingerprint density at radius 2 is 1.93 bits per heavy atom. The molecule has 1 fully saturated rings. The maximum absolute atomic E-state index is 5.93. The van der Waals surface area contributed by atoms with Crippen molar-refractivity contribution in [3.05, 3.63) is 46.2 Å². The number of piperidine rings is 1. The van der Waals surface area contributed by atoms with Crippen LogP contribution in [0.2, 0.25) is 0 Å². The largest absolute Gasteiger partial charge is 0.493 e. The Kier molecular flexibility index (Phi) is 6.79. The molecule has 1 saturated heterocycles. The average molecular weight is 389 g/mol. The van der Waals surface area contributed by atoms with Gasteiger partial charge < -0.3 is 14.8 Å². The summed E-state index contributed by atoms with van der Waals surface area (Å²) in [5, 5.41) is 5.78. The fraction of sp³-hybridized carbons (Fsp3) is 0.545. The summed E-state index contributed by atoms with van der Waals surface area (Å²) < 4.78 is 11.5. The minimum absolute atomic E-state index is 0.275. The second-order valence-electron chi connectivity index (χ2n) is 8.17. The van der Waals surface area contributed by atoms with Crippen LogP contribution in [0.1, 0.15) is 44.1 Å². The Morgan fingerprint density at radius 1 is 1.15 bits per heavy atom. The summed E-state index contributed by atoms with van der Waals surface area (Å²) in [6.07, 6.45) is 2.41. The molecular weight excluding hydrogens is 356 g/mol. The lowest BCUT2D eigenvalue weighted by Gasteiger charge is -2.41. The van der Waals surface area contributed by atoms with Gasteiger partial charge in [-0.3, -0.25) is 4.90 Å². The first kappa shape index (κ1) is 20.2. The Balaban J connectivity index is 1.50. The summed E-state index contributed by atoms with van der Waals surface area (Å²) in [7, 11) is 1.70. The number of methoxy groups -OCH3 is 1. The van der Waals surface area contributed by atoms with E-state index in [1.807, 2.05) is 12.1 Å². The normalized spacial score (nSPS) is 16.4. The molecule has 0 spiro atoms. The maximum Gasteiger partial charge on any atom is 0.161 e. The highest BCUT2D eigenvalue weighted by Crippen LogP contribution is 2.29. The average Bonchev–Trinajstić information content (AvgIpc) is 3.18. The second kappa shape index (κ2) is 9.09. The third-order valence-corrected chi connectivity index (χ3v) is 6.07. The number of thiophene rings is 1. The van der Waals surface area contributed by atoms with E-state index in [1.54, 1.807) is 18.4 Å². The van der Waals surface area contributed by atoms with Gasteiger partial charge in [-0.05, 0) is 62.8 Å². The number of nitrogens with one attached hydrogen (secondary N) is 1. The maximum atomic E-state index is 5.93. The van der Waals surface area contributed by atoms with Gasteiger partial charge in [-0.25, -0.2) is 0 Å². The molecule has 1 aromatic heterocycles. The van der Waals surface area contributed by atoms with E-state index in [0.29, 0.717) is 12.6 Å². The van der Waals surface area contributed by atoms with Crippen LogP contribution in [0, 0.1) is 0 Å². The minimum atomic E-state index is 0.275. The first-order valence-electron chi connectivity index (χ1n) is 9.76. The number of hydrogen-bond acceptors (Lipinski definition) is 5. The standard InChI is InChI=1S/C22H32N2O2S/c1-22(2,3)24-11-9-18(10-12-24)23-15-17-7-8-20(21(14-17)25-4)26-16-19-6-5-13-27-19/h5-8,13-14,18,23H,9-12,15-16H2,1-4H3. The van der Waals surface area contributed by atoms with E-state index in [2.05, 4.69) is 54.6 Å². The summed E-state index contributed by atoms with van der Waals surface area (Å²) in [6, 6.07) is 10.9. The first-order chi connectivity index (χ1) is 13.0. The van der Waals surface area contributed by atoms with Gasteiger partial charge in [-0.1, -0.05) is 12.1 Å². The van der Waals surface area contributed by atoms with Crippen molar-refractivity contribution in [2.45, 2.75) is 58.3 Å². The summed E-state index contributed by atoms with van der Waals surface area (Å²) in [6.45, 7) is 10.7. The van der Waals surface area contributed by atoms with Gasteiger partial charge >= 0.3 is 0 Å². The fourth-order valence-electron chi connectivity index (χ4n) is 3.50. The number of likely N-dealkylation sites (tertiary alicyclic amines) is 1.